The third kappa shape index (κ3) is 8.98. The number of nitrogens with one attached hydrogen (secondary N) is 1. The summed E-state index contributed by atoms with van der Waals surface area (Å²) in [5, 5.41) is 3.40. The number of rotatable bonds is 12. The number of hydrogen-bond acceptors (Lipinski definition) is 7. The lowest BCUT2D eigenvalue weighted by molar-refractivity contribution is -0.156. The van der Waals surface area contributed by atoms with Crippen molar-refractivity contribution in [2.75, 3.05) is 45.2 Å². The lowest BCUT2D eigenvalue weighted by Crippen LogP contribution is -2.40. The van der Waals surface area contributed by atoms with Crippen LogP contribution < -0.4 is 11.1 Å². The molecular formula is C23H40N4O3. The molecule has 1 aliphatic heterocycles. The molecule has 30 heavy (non-hydrogen) atoms. The van der Waals surface area contributed by atoms with Crippen LogP contribution in [0.5, 0.6) is 0 Å². The van der Waals surface area contributed by atoms with Crippen molar-refractivity contribution < 1.29 is 14.3 Å². The van der Waals surface area contributed by atoms with Crippen molar-refractivity contribution in [1.29, 1.82) is 0 Å². The average molecular weight is 421 g/mol. The Labute approximate surface area is 181 Å². The van der Waals surface area contributed by atoms with Crippen molar-refractivity contribution in [2.24, 2.45) is 5.73 Å². The van der Waals surface area contributed by atoms with Crippen LogP contribution in [0.25, 0.3) is 0 Å². The van der Waals surface area contributed by atoms with Gasteiger partial charge in [0.15, 0.2) is 0 Å². The molecule has 3 N–H and O–H groups in total. The predicted molar refractivity (Wildman–Crippen MR) is 121 cm³/mol. The number of nitrogens with zero attached hydrogens (tertiary/aromatic N) is 2. The zero-order valence-electron chi connectivity index (χ0n) is 19.2. The fourth-order valence-corrected chi connectivity index (χ4v) is 3.52. The zero-order chi connectivity index (χ0) is 22.0. The molecule has 0 bridgehead atoms. The van der Waals surface area contributed by atoms with Gasteiger partial charge in [-0.05, 0) is 77.5 Å². The van der Waals surface area contributed by atoms with E-state index in [9.17, 15) is 4.79 Å². The van der Waals surface area contributed by atoms with Gasteiger partial charge >= 0.3 is 5.97 Å². The number of ether oxygens (including phenoxy) is 2. The lowest BCUT2D eigenvalue weighted by atomic mass is 10.1. The second-order valence-electron chi connectivity index (χ2n) is 9.06. The molecule has 2 rings (SSSR count). The largest absolute Gasteiger partial charge is 0.459 e. The standard InChI is InChI=1S/C23H40N4O3/c1-23(2,3)30-22(28)20(24)12-15-27(16-17-29-4)14-6-5-9-19-11-10-18-8-7-13-25-21(18)26-19/h10-11,20H,5-9,12-17,24H2,1-4H3,(H,25,26)/t20-/m0/s1. The van der Waals surface area contributed by atoms with Gasteiger partial charge in [-0.15, -0.1) is 0 Å². The molecule has 0 unspecified atom stereocenters. The minimum absolute atomic E-state index is 0.332. The number of fused-ring (bicyclic) bond motifs is 1. The Morgan fingerprint density at radius 3 is 2.80 bits per heavy atom. The summed E-state index contributed by atoms with van der Waals surface area (Å²) < 4.78 is 10.6. The first-order valence-electron chi connectivity index (χ1n) is 11.2. The molecule has 0 fully saturated rings. The van der Waals surface area contributed by atoms with Crippen molar-refractivity contribution in [3.8, 4) is 0 Å². The molecular weight excluding hydrogens is 380 g/mol. The topological polar surface area (TPSA) is 89.7 Å². The van der Waals surface area contributed by atoms with E-state index in [1.165, 1.54) is 12.0 Å². The molecule has 0 amide bonds. The number of carbonyl (C=O) groups is 1. The van der Waals surface area contributed by atoms with Crippen LogP contribution in [0.3, 0.4) is 0 Å². The maximum Gasteiger partial charge on any atom is 0.323 e. The Kier molecular flexibility index (Phi) is 10.0. The minimum Gasteiger partial charge on any atom is -0.459 e. The quantitative estimate of drug-likeness (QED) is 0.397. The highest BCUT2D eigenvalue weighted by Gasteiger charge is 2.22. The van der Waals surface area contributed by atoms with Gasteiger partial charge in [0.25, 0.3) is 0 Å². The van der Waals surface area contributed by atoms with Crippen LogP contribution in [-0.2, 0) is 27.1 Å². The number of anilines is 1. The summed E-state index contributed by atoms with van der Waals surface area (Å²) in [6, 6.07) is 3.78. The molecule has 170 valence electrons. The fraction of sp³-hybridized carbons (Fsp3) is 0.739. The number of esters is 1. The van der Waals surface area contributed by atoms with E-state index in [2.05, 4.69) is 22.3 Å². The van der Waals surface area contributed by atoms with E-state index in [4.69, 9.17) is 20.2 Å². The summed E-state index contributed by atoms with van der Waals surface area (Å²) in [7, 11) is 1.71. The van der Waals surface area contributed by atoms with E-state index in [1.54, 1.807) is 7.11 Å². The van der Waals surface area contributed by atoms with Crippen LogP contribution in [0.2, 0.25) is 0 Å². The smallest absolute Gasteiger partial charge is 0.323 e. The Hall–Kier alpha value is -1.70. The first-order valence-corrected chi connectivity index (χ1v) is 11.2. The summed E-state index contributed by atoms with van der Waals surface area (Å²) in [5.41, 5.74) is 8.01. The molecule has 0 saturated heterocycles. The highest BCUT2D eigenvalue weighted by molar-refractivity contribution is 5.75. The molecule has 0 spiro atoms. The van der Waals surface area contributed by atoms with Crippen LogP contribution >= 0.6 is 0 Å². The number of carbonyl (C=O) groups excluding carboxylic acids is 1. The molecule has 1 aromatic rings. The van der Waals surface area contributed by atoms with Crippen LogP contribution in [0.15, 0.2) is 12.1 Å². The highest BCUT2D eigenvalue weighted by atomic mass is 16.6. The monoisotopic (exact) mass is 420 g/mol. The summed E-state index contributed by atoms with van der Waals surface area (Å²) in [5.74, 6) is 0.734. The number of hydrogen-bond donors (Lipinski definition) is 2. The molecule has 1 aromatic heterocycles. The van der Waals surface area contributed by atoms with Gasteiger partial charge in [0.1, 0.15) is 17.5 Å². The van der Waals surface area contributed by atoms with E-state index < -0.39 is 11.6 Å². The average Bonchev–Trinajstić information content (AvgIpc) is 2.70. The van der Waals surface area contributed by atoms with Gasteiger partial charge in [-0.25, -0.2) is 4.98 Å². The second kappa shape index (κ2) is 12.2. The van der Waals surface area contributed by atoms with Gasteiger partial charge in [0.05, 0.1) is 6.61 Å². The zero-order valence-corrected chi connectivity index (χ0v) is 19.2. The first-order chi connectivity index (χ1) is 14.3. The number of pyridine rings is 1. The first kappa shape index (κ1) is 24.6. The Balaban J connectivity index is 1.74. The van der Waals surface area contributed by atoms with E-state index in [0.29, 0.717) is 13.0 Å². The van der Waals surface area contributed by atoms with Crippen molar-refractivity contribution in [3.05, 3.63) is 23.4 Å². The minimum atomic E-state index is -0.596. The Bertz CT molecular complexity index is 660. The maximum atomic E-state index is 12.1. The molecule has 0 aliphatic carbocycles. The summed E-state index contributed by atoms with van der Waals surface area (Å²) in [6.07, 6.45) is 6.00. The molecule has 0 saturated carbocycles. The van der Waals surface area contributed by atoms with Crippen molar-refractivity contribution >= 4 is 11.8 Å². The van der Waals surface area contributed by atoms with E-state index in [1.807, 2.05) is 20.8 Å². The number of aromatic nitrogens is 1. The van der Waals surface area contributed by atoms with Gasteiger partial charge in [-0.3, -0.25) is 4.79 Å². The van der Waals surface area contributed by atoms with Gasteiger partial charge < -0.3 is 25.4 Å². The van der Waals surface area contributed by atoms with Gasteiger partial charge in [-0.2, -0.15) is 0 Å². The molecule has 1 atom stereocenters. The molecule has 0 radical (unpaired) electrons. The summed E-state index contributed by atoms with van der Waals surface area (Å²) >= 11 is 0. The second-order valence-corrected chi connectivity index (χ2v) is 9.06. The SMILES string of the molecule is COCCN(CCCCc1ccc2c(n1)NCCC2)CC[C@H](N)C(=O)OC(C)(C)C. The molecule has 1 aliphatic rings. The Morgan fingerprint density at radius 1 is 1.27 bits per heavy atom. The van der Waals surface area contributed by atoms with Crippen molar-refractivity contribution in [1.82, 2.24) is 9.88 Å². The lowest BCUT2D eigenvalue weighted by Gasteiger charge is -2.25. The maximum absolute atomic E-state index is 12.1. The summed E-state index contributed by atoms with van der Waals surface area (Å²) in [6.45, 7) is 9.79. The van der Waals surface area contributed by atoms with Crippen LogP contribution in [0.4, 0.5) is 5.82 Å². The van der Waals surface area contributed by atoms with E-state index >= 15 is 0 Å². The van der Waals surface area contributed by atoms with Crippen molar-refractivity contribution in [2.45, 2.75) is 70.9 Å². The predicted octanol–water partition coefficient (Wildman–Crippen LogP) is 2.77. The number of nitrogens with two attached hydrogens (primary N) is 1. The number of aryl methyl sites for hydroxylation is 2. The highest BCUT2D eigenvalue weighted by Crippen LogP contribution is 2.20. The third-order valence-electron chi connectivity index (χ3n) is 5.19. The number of unbranched alkanes of at least 4 members (excludes halogenated alkanes) is 1. The van der Waals surface area contributed by atoms with Gasteiger partial charge in [0, 0.05) is 32.4 Å². The van der Waals surface area contributed by atoms with E-state index in [0.717, 1.165) is 63.4 Å². The Morgan fingerprint density at radius 2 is 2.07 bits per heavy atom. The van der Waals surface area contributed by atoms with Gasteiger partial charge in [0.2, 0.25) is 0 Å². The molecule has 0 aromatic carbocycles. The van der Waals surface area contributed by atoms with Crippen LogP contribution in [0, 0.1) is 0 Å². The number of methoxy groups -OCH3 is 1. The third-order valence-corrected chi connectivity index (χ3v) is 5.19. The molecule has 7 heteroatoms. The summed E-state index contributed by atoms with van der Waals surface area (Å²) in [4.78, 5) is 19.2. The molecule has 7 nitrogen and oxygen atoms in total. The fourth-order valence-electron chi connectivity index (χ4n) is 3.52. The molecule has 2 heterocycles. The van der Waals surface area contributed by atoms with E-state index in [-0.39, 0.29) is 5.97 Å². The normalized spacial score (nSPS) is 14.9. The van der Waals surface area contributed by atoms with Crippen molar-refractivity contribution in [3.63, 3.8) is 0 Å². The van der Waals surface area contributed by atoms with Gasteiger partial charge in [-0.1, -0.05) is 6.07 Å². The van der Waals surface area contributed by atoms with Crippen LogP contribution in [0.1, 0.15) is 57.7 Å². The van der Waals surface area contributed by atoms with Crippen LogP contribution in [-0.4, -0.2) is 67.4 Å².